The van der Waals surface area contributed by atoms with Crippen LogP contribution in [-0.2, 0) is 13.0 Å². The lowest BCUT2D eigenvalue weighted by Gasteiger charge is -2.07. The van der Waals surface area contributed by atoms with E-state index in [2.05, 4.69) is 47.8 Å². The standard InChI is InChI=1S/C20H19NO3/c22-20(23)19-12-11-18(24-19)14-21-17-9-7-16(8-10-17)13-15-5-3-1-2-4-6-15/h1-3,5-12,21H,4,13-14H2,(H,22,23). The van der Waals surface area contributed by atoms with Gasteiger partial charge in [0.05, 0.1) is 6.54 Å². The number of allylic oxidation sites excluding steroid dienone is 6. The van der Waals surface area contributed by atoms with Gasteiger partial charge in [0, 0.05) is 5.69 Å². The topological polar surface area (TPSA) is 62.5 Å². The van der Waals surface area contributed by atoms with Gasteiger partial charge in [-0.15, -0.1) is 0 Å². The maximum atomic E-state index is 10.8. The van der Waals surface area contributed by atoms with Gasteiger partial charge in [0.25, 0.3) is 0 Å². The first-order valence-corrected chi connectivity index (χ1v) is 7.88. The molecule has 0 spiro atoms. The highest BCUT2D eigenvalue weighted by Gasteiger charge is 2.08. The van der Waals surface area contributed by atoms with Gasteiger partial charge in [0.2, 0.25) is 5.76 Å². The number of carboxylic acids is 1. The molecule has 0 saturated carbocycles. The normalized spacial score (nSPS) is 13.4. The summed E-state index contributed by atoms with van der Waals surface area (Å²) in [6, 6.07) is 11.4. The van der Waals surface area contributed by atoms with Crippen molar-refractivity contribution in [1.82, 2.24) is 0 Å². The Labute approximate surface area is 140 Å². The molecule has 0 atom stereocenters. The number of furan rings is 1. The SMILES string of the molecule is O=C(O)c1ccc(CNc2ccc(CC3=CCC=CC=C3)cc2)o1. The largest absolute Gasteiger partial charge is 0.475 e. The number of aromatic carboxylic acids is 1. The Balaban J connectivity index is 1.56. The summed E-state index contributed by atoms with van der Waals surface area (Å²) in [5, 5.41) is 12.1. The lowest BCUT2D eigenvalue weighted by Crippen LogP contribution is -1.99. The van der Waals surface area contributed by atoms with Crippen molar-refractivity contribution >= 4 is 11.7 Å². The molecule has 0 fully saturated rings. The van der Waals surface area contributed by atoms with Gasteiger partial charge in [0.15, 0.2) is 0 Å². The summed E-state index contributed by atoms with van der Waals surface area (Å²) in [6.07, 6.45) is 12.6. The van der Waals surface area contributed by atoms with Gasteiger partial charge >= 0.3 is 5.97 Å². The fraction of sp³-hybridized carbons (Fsp3) is 0.150. The van der Waals surface area contributed by atoms with Crippen LogP contribution in [0.15, 0.2) is 76.8 Å². The minimum Gasteiger partial charge on any atom is -0.475 e. The Morgan fingerprint density at radius 1 is 1.12 bits per heavy atom. The lowest BCUT2D eigenvalue weighted by molar-refractivity contribution is 0.0660. The summed E-state index contributed by atoms with van der Waals surface area (Å²) >= 11 is 0. The zero-order chi connectivity index (χ0) is 16.8. The summed E-state index contributed by atoms with van der Waals surface area (Å²) < 4.78 is 5.22. The second-order valence-corrected chi connectivity index (χ2v) is 5.60. The zero-order valence-electron chi connectivity index (χ0n) is 13.2. The molecule has 1 aromatic heterocycles. The molecule has 1 aromatic carbocycles. The molecule has 4 heteroatoms. The number of hydrogen-bond acceptors (Lipinski definition) is 3. The van der Waals surface area contributed by atoms with E-state index in [1.54, 1.807) is 6.07 Å². The summed E-state index contributed by atoms with van der Waals surface area (Å²) in [5.74, 6) is -0.498. The summed E-state index contributed by atoms with van der Waals surface area (Å²) in [6.45, 7) is 0.451. The van der Waals surface area contributed by atoms with Gasteiger partial charge in [-0.1, -0.05) is 42.5 Å². The van der Waals surface area contributed by atoms with E-state index < -0.39 is 5.97 Å². The van der Waals surface area contributed by atoms with E-state index in [4.69, 9.17) is 9.52 Å². The van der Waals surface area contributed by atoms with Crippen LogP contribution in [0, 0.1) is 0 Å². The number of benzene rings is 1. The summed E-state index contributed by atoms with van der Waals surface area (Å²) in [5.41, 5.74) is 3.54. The second kappa shape index (κ2) is 7.51. The Kier molecular flexibility index (Phi) is 4.96. The maximum Gasteiger partial charge on any atom is 0.371 e. The van der Waals surface area contributed by atoms with Crippen LogP contribution < -0.4 is 5.32 Å². The Morgan fingerprint density at radius 3 is 2.71 bits per heavy atom. The first kappa shape index (κ1) is 15.9. The second-order valence-electron chi connectivity index (χ2n) is 5.60. The van der Waals surface area contributed by atoms with E-state index in [-0.39, 0.29) is 5.76 Å². The predicted octanol–water partition coefficient (Wildman–Crippen LogP) is 4.57. The third kappa shape index (κ3) is 4.26. The van der Waals surface area contributed by atoms with Gasteiger partial charge in [-0.2, -0.15) is 0 Å². The summed E-state index contributed by atoms with van der Waals surface area (Å²) in [4.78, 5) is 10.8. The fourth-order valence-electron chi connectivity index (χ4n) is 2.51. The van der Waals surface area contributed by atoms with Crippen LogP contribution in [0.25, 0.3) is 0 Å². The highest BCUT2D eigenvalue weighted by Crippen LogP contribution is 2.17. The van der Waals surface area contributed by atoms with E-state index >= 15 is 0 Å². The van der Waals surface area contributed by atoms with Crippen LogP contribution in [0.3, 0.4) is 0 Å². The number of carboxylic acid groups (broad SMARTS) is 1. The lowest BCUT2D eigenvalue weighted by atomic mass is 10.0. The van der Waals surface area contributed by atoms with Crippen LogP contribution in [0.2, 0.25) is 0 Å². The van der Waals surface area contributed by atoms with E-state index in [9.17, 15) is 4.79 Å². The average molecular weight is 321 g/mol. The van der Waals surface area contributed by atoms with E-state index in [0.29, 0.717) is 12.3 Å². The minimum absolute atomic E-state index is 0.0404. The van der Waals surface area contributed by atoms with Crippen LogP contribution in [-0.4, -0.2) is 11.1 Å². The molecular weight excluding hydrogens is 302 g/mol. The van der Waals surface area contributed by atoms with Crippen molar-refractivity contribution in [2.75, 3.05) is 5.32 Å². The molecule has 1 heterocycles. The first-order chi connectivity index (χ1) is 11.7. The third-order valence-corrected chi connectivity index (χ3v) is 3.77. The fourth-order valence-corrected chi connectivity index (χ4v) is 2.51. The zero-order valence-corrected chi connectivity index (χ0v) is 13.2. The van der Waals surface area contributed by atoms with E-state index in [1.165, 1.54) is 17.2 Å². The third-order valence-electron chi connectivity index (χ3n) is 3.77. The molecule has 0 unspecified atom stereocenters. The van der Waals surface area contributed by atoms with Crippen LogP contribution >= 0.6 is 0 Å². The molecule has 24 heavy (non-hydrogen) atoms. The van der Waals surface area contributed by atoms with Gasteiger partial charge in [0.1, 0.15) is 5.76 Å². The molecule has 0 radical (unpaired) electrons. The van der Waals surface area contributed by atoms with Gasteiger partial charge in [-0.05, 0) is 48.2 Å². The molecule has 1 aliphatic carbocycles. The van der Waals surface area contributed by atoms with Gasteiger partial charge in [-0.25, -0.2) is 4.79 Å². The molecule has 2 N–H and O–H groups in total. The van der Waals surface area contributed by atoms with Gasteiger partial charge in [-0.3, -0.25) is 0 Å². The van der Waals surface area contributed by atoms with Gasteiger partial charge < -0.3 is 14.8 Å². The molecule has 4 nitrogen and oxygen atoms in total. The Morgan fingerprint density at radius 2 is 1.96 bits per heavy atom. The van der Waals surface area contributed by atoms with Crippen molar-refractivity contribution in [3.8, 4) is 0 Å². The predicted molar refractivity (Wildman–Crippen MR) is 94.1 cm³/mol. The van der Waals surface area contributed by atoms with Crippen LogP contribution in [0.1, 0.15) is 28.3 Å². The summed E-state index contributed by atoms with van der Waals surface area (Å²) in [7, 11) is 0. The molecule has 0 aliphatic heterocycles. The smallest absolute Gasteiger partial charge is 0.371 e. The van der Waals surface area contributed by atoms with Crippen molar-refractivity contribution in [3.05, 3.63) is 89.4 Å². The highest BCUT2D eigenvalue weighted by atomic mass is 16.4. The molecule has 0 saturated heterocycles. The number of anilines is 1. The van der Waals surface area contributed by atoms with Crippen molar-refractivity contribution in [2.24, 2.45) is 0 Å². The maximum absolute atomic E-state index is 10.8. The Hall–Kier alpha value is -3.01. The number of rotatable bonds is 6. The molecule has 3 rings (SSSR count). The molecular formula is C20H19NO3. The highest BCUT2D eigenvalue weighted by molar-refractivity contribution is 5.84. The van der Waals surface area contributed by atoms with Crippen molar-refractivity contribution in [2.45, 2.75) is 19.4 Å². The molecule has 122 valence electrons. The average Bonchev–Trinajstić information content (AvgIpc) is 2.92. The van der Waals surface area contributed by atoms with Crippen molar-refractivity contribution < 1.29 is 14.3 Å². The minimum atomic E-state index is -1.05. The number of nitrogens with one attached hydrogen (secondary N) is 1. The molecule has 0 amide bonds. The Bertz CT molecular complexity index is 795. The number of carbonyl (C=O) groups is 1. The number of hydrogen-bond donors (Lipinski definition) is 2. The molecule has 2 aromatic rings. The quantitative estimate of drug-likeness (QED) is 0.818. The van der Waals surface area contributed by atoms with Crippen LogP contribution in [0.4, 0.5) is 5.69 Å². The monoisotopic (exact) mass is 321 g/mol. The van der Waals surface area contributed by atoms with Crippen molar-refractivity contribution in [3.63, 3.8) is 0 Å². The molecule has 0 bridgehead atoms. The van der Waals surface area contributed by atoms with Crippen LogP contribution in [0.5, 0.6) is 0 Å². The van der Waals surface area contributed by atoms with E-state index in [0.717, 1.165) is 18.5 Å². The van der Waals surface area contributed by atoms with Crippen molar-refractivity contribution in [1.29, 1.82) is 0 Å². The first-order valence-electron chi connectivity index (χ1n) is 7.88. The van der Waals surface area contributed by atoms with E-state index in [1.807, 2.05) is 12.1 Å². The molecule has 1 aliphatic rings.